The van der Waals surface area contributed by atoms with E-state index in [1.807, 2.05) is 6.07 Å². The highest BCUT2D eigenvalue weighted by molar-refractivity contribution is 5.96. The first kappa shape index (κ1) is 16.4. The molecule has 0 aliphatic heterocycles. The molecule has 3 rings (SSSR count). The van der Waals surface area contributed by atoms with Crippen LogP contribution in [-0.2, 0) is 4.74 Å². The summed E-state index contributed by atoms with van der Waals surface area (Å²) >= 11 is 0. The van der Waals surface area contributed by atoms with Crippen molar-refractivity contribution >= 4 is 29.1 Å². The van der Waals surface area contributed by atoms with Gasteiger partial charge in [-0.25, -0.2) is 14.8 Å². The molecule has 25 heavy (non-hydrogen) atoms. The number of benzene rings is 1. The molecule has 0 saturated carbocycles. The van der Waals surface area contributed by atoms with Gasteiger partial charge in [0.1, 0.15) is 23.7 Å². The van der Waals surface area contributed by atoms with E-state index in [1.54, 1.807) is 44.2 Å². The molecule has 0 fully saturated rings. The Balaban J connectivity index is 1.80. The molecule has 0 saturated heterocycles. The first-order valence-electron chi connectivity index (χ1n) is 7.71. The number of aromatic nitrogens is 3. The highest BCUT2D eigenvalue weighted by Gasteiger charge is 2.12. The van der Waals surface area contributed by atoms with Crippen molar-refractivity contribution in [2.24, 2.45) is 0 Å². The lowest BCUT2D eigenvalue weighted by Crippen LogP contribution is -2.08. The molecule has 0 spiro atoms. The van der Waals surface area contributed by atoms with Crippen LogP contribution in [0, 0.1) is 6.92 Å². The minimum Gasteiger partial charge on any atom is -0.462 e. The number of esters is 1. The number of hydrogen-bond acceptors (Lipinski definition) is 8. The van der Waals surface area contributed by atoms with Crippen molar-refractivity contribution < 1.29 is 14.1 Å². The van der Waals surface area contributed by atoms with Crippen molar-refractivity contribution in [3.05, 3.63) is 54.0 Å². The molecule has 0 unspecified atom stereocenters. The Morgan fingerprint density at radius 1 is 1.12 bits per heavy atom. The van der Waals surface area contributed by atoms with Gasteiger partial charge in [0.25, 0.3) is 0 Å². The van der Waals surface area contributed by atoms with Gasteiger partial charge in [-0.15, -0.1) is 0 Å². The number of nitrogens with zero attached hydrogens (tertiary/aromatic N) is 3. The molecule has 128 valence electrons. The fourth-order valence-electron chi connectivity index (χ4n) is 2.17. The SMILES string of the molecule is CCOC(=O)c1ccccc1Nc1cc(Nc2cc(C)on2)ncn1. The molecule has 2 heterocycles. The van der Waals surface area contributed by atoms with E-state index in [9.17, 15) is 4.79 Å². The van der Waals surface area contributed by atoms with Crippen molar-refractivity contribution in [2.45, 2.75) is 13.8 Å². The van der Waals surface area contributed by atoms with E-state index < -0.39 is 5.97 Å². The van der Waals surface area contributed by atoms with Crippen LogP contribution in [0.25, 0.3) is 0 Å². The Kier molecular flexibility index (Phi) is 4.89. The van der Waals surface area contributed by atoms with Crippen LogP contribution in [-0.4, -0.2) is 27.7 Å². The molecule has 8 nitrogen and oxygen atoms in total. The smallest absolute Gasteiger partial charge is 0.340 e. The lowest BCUT2D eigenvalue weighted by atomic mass is 10.2. The van der Waals surface area contributed by atoms with E-state index in [1.165, 1.54) is 6.33 Å². The standard InChI is InChI=1S/C17H17N5O3/c1-3-24-17(23)12-6-4-5-7-13(12)20-14-9-15(19-10-18-14)21-16-8-11(2)25-22-16/h4-10H,3H2,1-2H3,(H2,18,19,20,21,22). The van der Waals surface area contributed by atoms with Crippen molar-refractivity contribution in [1.82, 2.24) is 15.1 Å². The lowest BCUT2D eigenvalue weighted by molar-refractivity contribution is 0.0527. The second-order valence-electron chi connectivity index (χ2n) is 5.13. The third-order valence-corrected chi connectivity index (χ3v) is 3.24. The van der Waals surface area contributed by atoms with Gasteiger partial charge >= 0.3 is 5.97 Å². The Hall–Kier alpha value is -3.42. The van der Waals surface area contributed by atoms with Gasteiger partial charge < -0.3 is 19.9 Å². The van der Waals surface area contributed by atoms with Crippen LogP contribution < -0.4 is 10.6 Å². The predicted octanol–water partition coefficient (Wildman–Crippen LogP) is 3.44. The Labute approximate surface area is 144 Å². The maximum absolute atomic E-state index is 12.0. The van der Waals surface area contributed by atoms with Gasteiger partial charge in [-0.1, -0.05) is 17.3 Å². The van der Waals surface area contributed by atoms with Crippen molar-refractivity contribution in [2.75, 3.05) is 17.2 Å². The highest BCUT2D eigenvalue weighted by atomic mass is 16.5. The summed E-state index contributed by atoms with van der Waals surface area (Å²) in [5.74, 6) is 1.91. The fourth-order valence-corrected chi connectivity index (χ4v) is 2.17. The zero-order valence-corrected chi connectivity index (χ0v) is 13.8. The summed E-state index contributed by atoms with van der Waals surface area (Å²) in [6, 6.07) is 10.5. The topological polar surface area (TPSA) is 102 Å². The van der Waals surface area contributed by atoms with Gasteiger partial charge in [-0.2, -0.15) is 0 Å². The number of aryl methyl sites for hydroxylation is 1. The van der Waals surface area contributed by atoms with Gasteiger partial charge in [0.15, 0.2) is 5.82 Å². The summed E-state index contributed by atoms with van der Waals surface area (Å²) in [7, 11) is 0. The first-order chi connectivity index (χ1) is 12.2. The quantitative estimate of drug-likeness (QED) is 0.659. The second-order valence-corrected chi connectivity index (χ2v) is 5.13. The van der Waals surface area contributed by atoms with Crippen LogP contribution in [0.15, 0.2) is 47.2 Å². The number of carbonyl (C=O) groups is 1. The Morgan fingerprint density at radius 3 is 2.60 bits per heavy atom. The molecule has 2 N–H and O–H groups in total. The van der Waals surface area contributed by atoms with Crippen molar-refractivity contribution in [1.29, 1.82) is 0 Å². The largest absolute Gasteiger partial charge is 0.462 e. The van der Waals surface area contributed by atoms with E-state index in [-0.39, 0.29) is 0 Å². The van der Waals surface area contributed by atoms with E-state index >= 15 is 0 Å². The summed E-state index contributed by atoms with van der Waals surface area (Å²) in [5, 5.41) is 9.98. The summed E-state index contributed by atoms with van der Waals surface area (Å²) in [6.07, 6.45) is 1.41. The van der Waals surface area contributed by atoms with Gasteiger partial charge in [0, 0.05) is 12.1 Å². The third-order valence-electron chi connectivity index (χ3n) is 3.24. The molecule has 0 aliphatic carbocycles. The number of hydrogen-bond donors (Lipinski definition) is 2. The van der Waals surface area contributed by atoms with Gasteiger partial charge in [-0.05, 0) is 26.0 Å². The van der Waals surface area contributed by atoms with E-state index in [4.69, 9.17) is 9.26 Å². The molecule has 8 heteroatoms. The molecule has 1 aromatic carbocycles. The van der Waals surface area contributed by atoms with E-state index in [2.05, 4.69) is 25.8 Å². The minimum atomic E-state index is -0.393. The normalized spacial score (nSPS) is 10.3. The van der Waals surface area contributed by atoms with Gasteiger partial charge in [-0.3, -0.25) is 0 Å². The summed E-state index contributed by atoms with van der Waals surface area (Å²) in [6.45, 7) is 3.88. The average molecular weight is 339 g/mol. The maximum atomic E-state index is 12.0. The molecule has 0 aliphatic rings. The lowest BCUT2D eigenvalue weighted by Gasteiger charge is -2.11. The van der Waals surface area contributed by atoms with Crippen LogP contribution in [0.3, 0.4) is 0 Å². The number of nitrogens with one attached hydrogen (secondary N) is 2. The van der Waals surface area contributed by atoms with Crippen LogP contribution in [0.2, 0.25) is 0 Å². The monoisotopic (exact) mass is 339 g/mol. The Bertz CT molecular complexity index is 878. The molecular weight excluding hydrogens is 322 g/mol. The third kappa shape index (κ3) is 4.11. The summed E-state index contributed by atoms with van der Waals surface area (Å²) in [5.41, 5.74) is 1.03. The number of ether oxygens (including phenoxy) is 1. The van der Waals surface area contributed by atoms with Crippen LogP contribution >= 0.6 is 0 Å². The molecule has 0 atom stereocenters. The second kappa shape index (κ2) is 7.43. The number of carbonyl (C=O) groups excluding carboxylic acids is 1. The fraction of sp³-hybridized carbons (Fsp3) is 0.176. The minimum absolute atomic E-state index is 0.311. The molecule has 2 aromatic heterocycles. The Morgan fingerprint density at radius 2 is 1.88 bits per heavy atom. The molecule has 0 amide bonds. The average Bonchev–Trinajstić information content (AvgIpc) is 3.01. The number of rotatable bonds is 6. The number of anilines is 4. The number of para-hydroxylation sites is 1. The van der Waals surface area contributed by atoms with Crippen molar-refractivity contribution in [3.8, 4) is 0 Å². The zero-order chi connectivity index (χ0) is 17.6. The summed E-state index contributed by atoms with van der Waals surface area (Å²) < 4.78 is 10.1. The van der Waals surface area contributed by atoms with Crippen LogP contribution in [0.4, 0.5) is 23.1 Å². The van der Waals surface area contributed by atoms with Crippen LogP contribution in [0.5, 0.6) is 0 Å². The van der Waals surface area contributed by atoms with E-state index in [0.29, 0.717) is 41.1 Å². The van der Waals surface area contributed by atoms with Crippen molar-refractivity contribution in [3.63, 3.8) is 0 Å². The predicted molar refractivity (Wildman–Crippen MR) is 92.2 cm³/mol. The molecule has 0 radical (unpaired) electrons. The maximum Gasteiger partial charge on any atom is 0.340 e. The summed E-state index contributed by atoms with van der Waals surface area (Å²) in [4.78, 5) is 20.3. The highest BCUT2D eigenvalue weighted by Crippen LogP contribution is 2.22. The first-order valence-corrected chi connectivity index (χ1v) is 7.71. The molecular formula is C17H17N5O3. The van der Waals surface area contributed by atoms with Gasteiger partial charge in [0.2, 0.25) is 0 Å². The zero-order valence-electron chi connectivity index (χ0n) is 13.8. The van der Waals surface area contributed by atoms with Crippen LogP contribution in [0.1, 0.15) is 23.0 Å². The molecule has 3 aromatic rings. The van der Waals surface area contributed by atoms with Gasteiger partial charge in [0.05, 0.1) is 17.9 Å². The van der Waals surface area contributed by atoms with E-state index in [0.717, 1.165) is 0 Å². The molecule has 0 bridgehead atoms.